The molecule has 250 valence electrons. The van der Waals surface area contributed by atoms with Crippen molar-refractivity contribution < 1.29 is 33.2 Å². The lowest BCUT2D eigenvalue weighted by Crippen LogP contribution is -2.52. The van der Waals surface area contributed by atoms with Gasteiger partial charge < -0.3 is 20.5 Å². The number of thiol groups is 1. The van der Waals surface area contributed by atoms with Crippen molar-refractivity contribution in [2.45, 2.75) is 38.1 Å². The third-order valence-corrected chi connectivity index (χ3v) is 10.8. The minimum atomic E-state index is -4.05. The molecule has 0 bridgehead atoms. The highest BCUT2D eigenvalue weighted by Gasteiger charge is 2.44. The molecule has 0 heterocycles. The minimum Gasteiger partial charge on any atom is -0.460 e. The van der Waals surface area contributed by atoms with E-state index in [1.807, 2.05) is 36.4 Å². The van der Waals surface area contributed by atoms with Crippen molar-refractivity contribution in [3.63, 3.8) is 0 Å². The SMILES string of the molecule is NC(CCC(=O)N(C(CS)C(=O)NCC(=O)OCc1ccccc1)P(=O)(c1ccccc1)c1ccccc1)C(=O)OCc1ccccc1. The Labute approximate surface area is 285 Å². The van der Waals surface area contributed by atoms with Gasteiger partial charge in [-0.15, -0.1) is 0 Å². The molecule has 4 rings (SSSR count). The van der Waals surface area contributed by atoms with Crippen LogP contribution in [0.2, 0.25) is 0 Å². The van der Waals surface area contributed by atoms with Gasteiger partial charge in [0.2, 0.25) is 19.1 Å². The second kappa shape index (κ2) is 18.0. The second-order valence-corrected chi connectivity index (χ2v) is 13.8. The van der Waals surface area contributed by atoms with Gasteiger partial charge in [-0.3, -0.25) is 28.4 Å². The summed E-state index contributed by atoms with van der Waals surface area (Å²) in [5, 5.41) is 3.13. The van der Waals surface area contributed by atoms with E-state index in [1.54, 1.807) is 84.9 Å². The monoisotopic (exact) mass is 687 g/mol. The average Bonchev–Trinajstić information content (AvgIpc) is 3.14. The summed E-state index contributed by atoms with van der Waals surface area (Å²) in [7, 11) is -4.05. The van der Waals surface area contributed by atoms with E-state index < -0.39 is 49.7 Å². The van der Waals surface area contributed by atoms with E-state index in [4.69, 9.17) is 15.2 Å². The van der Waals surface area contributed by atoms with Gasteiger partial charge in [0.15, 0.2) is 0 Å². The first kappa shape index (κ1) is 36.1. The van der Waals surface area contributed by atoms with Gasteiger partial charge in [0.05, 0.1) is 0 Å². The lowest BCUT2D eigenvalue weighted by atomic mass is 10.1. The number of carbonyl (C=O) groups excluding carboxylic acids is 4. The van der Waals surface area contributed by atoms with Gasteiger partial charge in [0, 0.05) is 22.8 Å². The smallest absolute Gasteiger partial charge is 0.325 e. The lowest BCUT2D eigenvalue weighted by Gasteiger charge is -2.37. The van der Waals surface area contributed by atoms with E-state index in [-0.39, 0.29) is 31.8 Å². The molecule has 0 aliphatic heterocycles. The Kier molecular flexibility index (Phi) is 13.6. The summed E-state index contributed by atoms with van der Waals surface area (Å²) >= 11 is 4.39. The van der Waals surface area contributed by atoms with Crippen LogP contribution in [0.3, 0.4) is 0 Å². The van der Waals surface area contributed by atoms with Crippen molar-refractivity contribution in [3.05, 3.63) is 132 Å². The third kappa shape index (κ3) is 9.67. The van der Waals surface area contributed by atoms with Gasteiger partial charge in [-0.05, 0) is 41.8 Å². The fourth-order valence-electron chi connectivity index (χ4n) is 4.87. The average molecular weight is 688 g/mol. The zero-order chi connectivity index (χ0) is 34.4. The number of hydrogen-bond acceptors (Lipinski definition) is 9. The molecule has 0 spiro atoms. The topological polar surface area (TPSA) is 145 Å². The van der Waals surface area contributed by atoms with Crippen molar-refractivity contribution in [2.24, 2.45) is 5.73 Å². The Bertz CT molecular complexity index is 1650. The van der Waals surface area contributed by atoms with Crippen LogP contribution in [-0.4, -0.2) is 52.8 Å². The summed E-state index contributed by atoms with van der Waals surface area (Å²) in [4.78, 5) is 53.1. The summed E-state index contributed by atoms with van der Waals surface area (Å²) < 4.78 is 27.0. The number of ether oxygens (including phenoxy) is 2. The number of hydrogen-bond donors (Lipinski definition) is 3. The zero-order valence-corrected chi connectivity index (χ0v) is 28.0. The van der Waals surface area contributed by atoms with E-state index in [9.17, 15) is 19.2 Å². The lowest BCUT2D eigenvalue weighted by molar-refractivity contribution is -0.147. The van der Waals surface area contributed by atoms with Gasteiger partial charge in [0.25, 0.3) is 0 Å². The summed E-state index contributed by atoms with van der Waals surface area (Å²) in [6.45, 7) is -0.459. The summed E-state index contributed by atoms with van der Waals surface area (Å²) in [6.07, 6.45) is -0.471. The van der Waals surface area contributed by atoms with Crippen LogP contribution in [0.5, 0.6) is 0 Å². The molecule has 2 atom stereocenters. The minimum absolute atomic E-state index is 0.0142. The predicted octanol–water partition coefficient (Wildman–Crippen LogP) is 3.75. The molecule has 0 saturated carbocycles. The Balaban J connectivity index is 1.56. The molecule has 3 N–H and O–H groups in total. The summed E-state index contributed by atoms with van der Waals surface area (Å²) in [6, 6.07) is 32.3. The molecule has 4 aromatic carbocycles. The molecule has 4 aromatic rings. The number of carbonyl (C=O) groups is 4. The number of amides is 2. The number of benzene rings is 4. The number of nitrogens with two attached hydrogens (primary N) is 1. The molecule has 0 aliphatic carbocycles. The molecule has 12 heteroatoms. The standard InChI is InChI=1S/C36H38N3O7PS/c37-31(36(43)46-25-28-15-7-2-8-16-28)21-22-33(40)39(47(44,29-17-9-3-10-18-29)30-19-11-4-12-20-30)32(26-48)35(42)38-23-34(41)45-24-27-13-5-1-6-14-27/h1-20,31-32,48H,21-26,37H2,(H,38,42). The predicted molar refractivity (Wildman–Crippen MR) is 187 cm³/mol. The molecular weight excluding hydrogens is 649 g/mol. The van der Waals surface area contributed by atoms with Gasteiger partial charge in [0.1, 0.15) is 31.8 Å². The first-order chi connectivity index (χ1) is 23.2. The summed E-state index contributed by atoms with van der Waals surface area (Å²) in [5.74, 6) is -3.08. The van der Waals surface area contributed by atoms with Crippen LogP contribution in [0.15, 0.2) is 121 Å². The highest BCUT2D eigenvalue weighted by molar-refractivity contribution is 7.80. The molecule has 0 aromatic heterocycles. The van der Waals surface area contributed by atoms with Gasteiger partial charge in [-0.2, -0.15) is 12.6 Å². The van der Waals surface area contributed by atoms with Crippen LogP contribution < -0.4 is 21.7 Å². The van der Waals surface area contributed by atoms with E-state index >= 15 is 4.57 Å². The van der Waals surface area contributed by atoms with Crippen LogP contribution in [0, 0.1) is 0 Å². The van der Waals surface area contributed by atoms with Crippen LogP contribution >= 0.6 is 19.9 Å². The maximum atomic E-state index is 15.4. The van der Waals surface area contributed by atoms with Gasteiger partial charge in [-0.1, -0.05) is 97.1 Å². The largest absolute Gasteiger partial charge is 0.460 e. The molecular formula is C36H38N3O7PS. The Hall–Kier alpha value is -4.70. The van der Waals surface area contributed by atoms with Crippen LogP contribution in [-0.2, 0) is 46.4 Å². The first-order valence-corrected chi connectivity index (χ1v) is 17.6. The normalized spacial score (nSPS) is 12.3. The van der Waals surface area contributed by atoms with Crippen molar-refractivity contribution in [2.75, 3.05) is 12.3 Å². The van der Waals surface area contributed by atoms with Crippen molar-refractivity contribution in [1.82, 2.24) is 9.99 Å². The van der Waals surface area contributed by atoms with Crippen molar-refractivity contribution in [3.8, 4) is 0 Å². The number of esters is 2. The van der Waals surface area contributed by atoms with Crippen molar-refractivity contribution >= 4 is 54.3 Å². The fourth-order valence-corrected chi connectivity index (χ4v) is 8.27. The number of nitrogens with one attached hydrogen (secondary N) is 1. The van der Waals surface area contributed by atoms with E-state index in [1.165, 1.54) is 0 Å². The maximum absolute atomic E-state index is 15.4. The molecule has 48 heavy (non-hydrogen) atoms. The highest BCUT2D eigenvalue weighted by atomic mass is 32.1. The second-order valence-electron chi connectivity index (χ2n) is 10.8. The summed E-state index contributed by atoms with van der Waals surface area (Å²) in [5.41, 5.74) is 7.67. The molecule has 0 saturated heterocycles. The molecule has 0 fully saturated rings. The zero-order valence-electron chi connectivity index (χ0n) is 26.2. The quantitative estimate of drug-likeness (QED) is 0.0918. The van der Waals surface area contributed by atoms with Crippen LogP contribution in [0.1, 0.15) is 24.0 Å². The Morgan fingerprint density at radius 2 is 1.19 bits per heavy atom. The van der Waals surface area contributed by atoms with Crippen molar-refractivity contribution in [1.29, 1.82) is 0 Å². The van der Waals surface area contributed by atoms with Crippen LogP contribution in [0.4, 0.5) is 0 Å². The maximum Gasteiger partial charge on any atom is 0.325 e. The van der Waals surface area contributed by atoms with E-state index in [0.717, 1.165) is 15.8 Å². The molecule has 2 unspecified atom stereocenters. The van der Waals surface area contributed by atoms with Gasteiger partial charge in [-0.25, -0.2) is 0 Å². The Morgan fingerprint density at radius 3 is 1.67 bits per heavy atom. The molecule has 0 radical (unpaired) electrons. The number of nitrogens with zero attached hydrogens (tertiary/aromatic N) is 1. The highest BCUT2D eigenvalue weighted by Crippen LogP contribution is 2.49. The molecule has 10 nitrogen and oxygen atoms in total. The van der Waals surface area contributed by atoms with Crippen LogP contribution in [0.25, 0.3) is 0 Å². The van der Waals surface area contributed by atoms with E-state index in [0.29, 0.717) is 10.6 Å². The van der Waals surface area contributed by atoms with E-state index in [2.05, 4.69) is 17.9 Å². The fraction of sp³-hybridized carbons (Fsp3) is 0.222. The molecule has 0 aliphatic rings. The number of rotatable bonds is 16. The third-order valence-electron chi connectivity index (χ3n) is 7.39. The molecule has 2 amide bonds. The van der Waals surface area contributed by atoms with Gasteiger partial charge >= 0.3 is 11.9 Å². The Morgan fingerprint density at radius 1 is 0.729 bits per heavy atom. The first-order valence-electron chi connectivity index (χ1n) is 15.3.